The number of aromatic hydroxyl groups is 1. The smallest absolute Gasteiger partial charge is 0.217 e. The van der Waals surface area contributed by atoms with E-state index in [0.29, 0.717) is 17.9 Å². The third-order valence-corrected chi connectivity index (χ3v) is 1.82. The van der Waals surface area contributed by atoms with Gasteiger partial charge >= 0.3 is 0 Å². The van der Waals surface area contributed by atoms with E-state index in [1.165, 1.54) is 20.1 Å². The summed E-state index contributed by atoms with van der Waals surface area (Å²) in [6.07, 6.45) is 0. The number of ether oxygens (including phenoxy) is 1. The average molecular weight is 195 g/mol. The molecule has 0 aromatic heterocycles. The van der Waals surface area contributed by atoms with Gasteiger partial charge in [0.2, 0.25) is 5.91 Å². The molecule has 0 saturated heterocycles. The third-order valence-electron chi connectivity index (χ3n) is 1.82. The molecule has 2 N–H and O–H groups in total. The molecular weight excluding hydrogens is 182 g/mol. The average Bonchev–Trinajstić information content (AvgIpc) is 2.15. The molecule has 0 radical (unpaired) electrons. The van der Waals surface area contributed by atoms with E-state index in [2.05, 4.69) is 5.32 Å². The quantitative estimate of drug-likeness (QED) is 0.757. The SMILES string of the molecule is COc1ccc(CNC(C)=O)c(O)c1. The van der Waals surface area contributed by atoms with E-state index in [1.54, 1.807) is 12.1 Å². The minimum atomic E-state index is -0.125. The third kappa shape index (κ3) is 2.65. The molecule has 0 aliphatic carbocycles. The maximum absolute atomic E-state index is 10.6. The van der Waals surface area contributed by atoms with Crippen molar-refractivity contribution in [2.24, 2.45) is 0 Å². The summed E-state index contributed by atoms with van der Waals surface area (Å²) in [5.74, 6) is 0.590. The predicted octanol–water partition coefficient (Wildman–Crippen LogP) is 1.04. The first-order chi connectivity index (χ1) is 6.63. The number of rotatable bonds is 3. The van der Waals surface area contributed by atoms with E-state index in [-0.39, 0.29) is 11.7 Å². The molecule has 0 aliphatic rings. The van der Waals surface area contributed by atoms with Gasteiger partial charge in [0.05, 0.1) is 7.11 Å². The fourth-order valence-electron chi connectivity index (χ4n) is 1.04. The van der Waals surface area contributed by atoms with Crippen LogP contribution in [0.1, 0.15) is 12.5 Å². The van der Waals surface area contributed by atoms with Crippen molar-refractivity contribution in [3.05, 3.63) is 23.8 Å². The van der Waals surface area contributed by atoms with Crippen LogP contribution < -0.4 is 10.1 Å². The largest absolute Gasteiger partial charge is 0.507 e. The summed E-state index contributed by atoms with van der Waals surface area (Å²) in [5.41, 5.74) is 0.668. The lowest BCUT2D eigenvalue weighted by Gasteiger charge is -2.06. The Morgan fingerprint density at radius 2 is 2.29 bits per heavy atom. The van der Waals surface area contributed by atoms with Crippen molar-refractivity contribution >= 4 is 5.91 Å². The maximum atomic E-state index is 10.6. The van der Waals surface area contributed by atoms with Gasteiger partial charge in [-0.3, -0.25) is 4.79 Å². The molecule has 14 heavy (non-hydrogen) atoms. The van der Waals surface area contributed by atoms with Crippen LogP contribution in [0, 0.1) is 0 Å². The Bertz CT molecular complexity index is 336. The molecule has 4 nitrogen and oxygen atoms in total. The summed E-state index contributed by atoms with van der Waals surface area (Å²) < 4.78 is 4.93. The van der Waals surface area contributed by atoms with Crippen LogP contribution in [0.4, 0.5) is 0 Å². The molecule has 0 bridgehead atoms. The van der Waals surface area contributed by atoms with E-state index in [0.717, 1.165) is 0 Å². The molecule has 0 atom stereocenters. The number of carbonyl (C=O) groups is 1. The summed E-state index contributed by atoms with van der Waals surface area (Å²) in [6, 6.07) is 4.96. The highest BCUT2D eigenvalue weighted by Crippen LogP contribution is 2.22. The minimum absolute atomic E-state index is 0.123. The van der Waals surface area contributed by atoms with Crippen molar-refractivity contribution in [1.29, 1.82) is 0 Å². The van der Waals surface area contributed by atoms with E-state index in [4.69, 9.17) is 4.74 Å². The molecule has 0 fully saturated rings. The lowest BCUT2D eigenvalue weighted by molar-refractivity contribution is -0.119. The lowest BCUT2D eigenvalue weighted by Crippen LogP contribution is -2.18. The van der Waals surface area contributed by atoms with Gasteiger partial charge in [-0.25, -0.2) is 0 Å². The second kappa shape index (κ2) is 4.50. The van der Waals surface area contributed by atoms with Gasteiger partial charge in [-0.1, -0.05) is 0 Å². The minimum Gasteiger partial charge on any atom is -0.507 e. The van der Waals surface area contributed by atoms with Gasteiger partial charge in [0.25, 0.3) is 0 Å². The first-order valence-electron chi connectivity index (χ1n) is 4.24. The molecule has 1 aromatic carbocycles. The van der Waals surface area contributed by atoms with Crippen LogP contribution in [0.15, 0.2) is 18.2 Å². The Morgan fingerprint density at radius 1 is 1.57 bits per heavy atom. The highest BCUT2D eigenvalue weighted by molar-refractivity contribution is 5.72. The van der Waals surface area contributed by atoms with Crippen molar-refractivity contribution < 1.29 is 14.6 Å². The molecule has 1 rings (SSSR count). The van der Waals surface area contributed by atoms with Crippen LogP contribution in [0.2, 0.25) is 0 Å². The van der Waals surface area contributed by atoms with E-state index >= 15 is 0 Å². The molecular formula is C10H13NO3. The zero-order valence-corrected chi connectivity index (χ0v) is 8.20. The van der Waals surface area contributed by atoms with E-state index < -0.39 is 0 Å². The van der Waals surface area contributed by atoms with Gasteiger partial charge in [-0.05, 0) is 12.1 Å². The summed E-state index contributed by atoms with van der Waals surface area (Å²) in [5, 5.41) is 12.1. The van der Waals surface area contributed by atoms with E-state index in [9.17, 15) is 9.90 Å². The fourth-order valence-corrected chi connectivity index (χ4v) is 1.04. The van der Waals surface area contributed by atoms with Crippen LogP contribution in [0.3, 0.4) is 0 Å². The zero-order valence-electron chi connectivity index (χ0n) is 8.20. The monoisotopic (exact) mass is 195 g/mol. The molecule has 4 heteroatoms. The summed E-state index contributed by atoms with van der Waals surface area (Å²) in [7, 11) is 1.53. The Morgan fingerprint density at radius 3 is 2.79 bits per heavy atom. The highest BCUT2D eigenvalue weighted by atomic mass is 16.5. The molecule has 0 saturated carbocycles. The van der Waals surface area contributed by atoms with Gasteiger partial charge in [0.1, 0.15) is 11.5 Å². The van der Waals surface area contributed by atoms with Crippen molar-refractivity contribution in [2.45, 2.75) is 13.5 Å². The number of nitrogens with one attached hydrogen (secondary N) is 1. The molecule has 0 unspecified atom stereocenters. The number of carbonyl (C=O) groups excluding carboxylic acids is 1. The number of phenols is 1. The number of methoxy groups -OCH3 is 1. The Kier molecular flexibility index (Phi) is 3.34. The number of amides is 1. The molecule has 0 spiro atoms. The summed E-state index contributed by atoms with van der Waals surface area (Å²) in [6.45, 7) is 1.76. The molecule has 0 aliphatic heterocycles. The molecule has 1 aromatic rings. The normalized spacial score (nSPS) is 9.57. The van der Waals surface area contributed by atoms with Crippen molar-refractivity contribution in [3.8, 4) is 11.5 Å². The van der Waals surface area contributed by atoms with Crippen LogP contribution in [0.5, 0.6) is 11.5 Å². The van der Waals surface area contributed by atoms with Crippen LogP contribution in [-0.2, 0) is 11.3 Å². The van der Waals surface area contributed by atoms with Gasteiger partial charge in [-0.15, -0.1) is 0 Å². The topological polar surface area (TPSA) is 58.6 Å². The van der Waals surface area contributed by atoms with Gasteiger partial charge in [0, 0.05) is 25.1 Å². The summed E-state index contributed by atoms with van der Waals surface area (Å²) >= 11 is 0. The van der Waals surface area contributed by atoms with Crippen molar-refractivity contribution in [3.63, 3.8) is 0 Å². The predicted molar refractivity (Wildman–Crippen MR) is 52.2 cm³/mol. The Hall–Kier alpha value is -1.71. The van der Waals surface area contributed by atoms with Crippen LogP contribution in [0.25, 0.3) is 0 Å². The number of hydrogen-bond acceptors (Lipinski definition) is 3. The Labute approximate surface area is 82.5 Å². The standard InChI is InChI=1S/C10H13NO3/c1-7(12)11-6-8-3-4-9(14-2)5-10(8)13/h3-5,13H,6H2,1-2H3,(H,11,12). The van der Waals surface area contributed by atoms with Crippen LogP contribution >= 0.6 is 0 Å². The van der Waals surface area contributed by atoms with Crippen molar-refractivity contribution in [2.75, 3.05) is 7.11 Å². The summed E-state index contributed by atoms with van der Waals surface area (Å²) in [4.78, 5) is 10.6. The number of hydrogen-bond donors (Lipinski definition) is 2. The zero-order chi connectivity index (χ0) is 10.6. The highest BCUT2D eigenvalue weighted by Gasteiger charge is 2.02. The second-order valence-electron chi connectivity index (χ2n) is 2.90. The van der Waals surface area contributed by atoms with Gasteiger partial charge < -0.3 is 15.2 Å². The molecule has 0 heterocycles. The number of benzene rings is 1. The van der Waals surface area contributed by atoms with E-state index in [1.807, 2.05) is 0 Å². The van der Waals surface area contributed by atoms with Gasteiger partial charge in [-0.2, -0.15) is 0 Å². The first-order valence-corrected chi connectivity index (χ1v) is 4.24. The molecule has 76 valence electrons. The maximum Gasteiger partial charge on any atom is 0.217 e. The van der Waals surface area contributed by atoms with Crippen molar-refractivity contribution in [1.82, 2.24) is 5.32 Å². The van der Waals surface area contributed by atoms with Crippen LogP contribution in [-0.4, -0.2) is 18.1 Å². The lowest BCUT2D eigenvalue weighted by atomic mass is 10.2. The fraction of sp³-hybridized carbons (Fsp3) is 0.300. The second-order valence-corrected chi connectivity index (χ2v) is 2.90. The molecule has 1 amide bonds. The van der Waals surface area contributed by atoms with Gasteiger partial charge in [0.15, 0.2) is 0 Å². The number of phenolic OH excluding ortho intramolecular Hbond substituents is 1. The Balaban J connectivity index is 2.73. The first kappa shape index (κ1) is 10.4.